The zero-order chi connectivity index (χ0) is 17.3. The molecule has 24 heavy (non-hydrogen) atoms. The van der Waals surface area contributed by atoms with Crippen LogP contribution in [0.1, 0.15) is 10.4 Å². The summed E-state index contributed by atoms with van der Waals surface area (Å²) in [6, 6.07) is 12.7. The van der Waals surface area contributed by atoms with Crippen molar-refractivity contribution in [2.75, 3.05) is 6.61 Å². The van der Waals surface area contributed by atoms with Crippen LogP contribution in [0.4, 0.5) is 0 Å². The van der Waals surface area contributed by atoms with E-state index >= 15 is 0 Å². The van der Waals surface area contributed by atoms with Crippen LogP contribution in [0.2, 0.25) is 0 Å². The quantitative estimate of drug-likeness (QED) is 0.510. The predicted molar refractivity (Wildman–Crippen MR) is 85.2 cm³/mol. The van der Waals surface area contributed by atoms with Crippen LogP contribution in [0.5, 0.6) is 0 Å². The number of carbonyl (C=O) groups is 1. The van der Waals surface area contributed by atoms with Crippen molar-refractivity contribution in [1.82, 2.24) is 5.32 Å². The van der Waals surface area contributed by atoms with Gasteiger partial charge >= 0.3 is 0 Å². The van der Waals surface area contributed by atoms with Gasteiger partial charge in [0.05, 0.1) is 6.61 Å². The first-order valence-corrected chi connectivity index (χ1v) is 7.61. The monoisotopic (exact) mass is 333 g/mol. The van der Waals surface area contributed by atoms with Crippen LogP contribution >= 0.6 is 0 Å². The lowest BCUT2D eigenvalue weighted by Gasteiger charge is -2.40. The van der Waals surface area contributed by atoms with Crippen molar-refractivity contribution in [2.45, 2.75) is 30.6 Å². The molecule has 1 fully saturated rings. The molecule has 1 heterocycles. The summed E-state index contributed by atoms with van der Waals surface area (Å²) in [5.41, 5.74) is 0.366. The lowest BCUT2D eigenvalue weighted by Crippen LogP contribution is -2.63. The maximum atomic E-state index is 12.4. The van der Waals surface area contributed by atoms with Gasteiger partial charge in [0.15, 0.2) is 6.23 Å². The van der Waals surface area contributed by atoms with E-state index in [0.29, 0.717) is 5.56 Å². The Kier molecular flexibility index (Phi) is 4.79. The number of ether oxygens (including phenoxy) is 1. The van der Waals surface area contributed by atoms with Crippen molar-refractivity contribution in [3.63, 3.8) is 0 Å². The molecule has 1 aliphatic rings. The van der Waals surface area contributed by atoms with Gasteiger partial charge in [-0.1, -0.05) is 30.3 Å². The topological polar surface area (TPSA) is 119 Å². The molecule has 0 spiro atoms. The number of aliphatic hydroxyl groups is 4. The van der Waals surface area contributed by atoms with E-state index in [2.05, 4.69) is 5.32 Å². The van der Waals surface area contributed by atoms with Gasteiger partial charge in [0.2, 0.25) is 0 Å². The predicted octanol–water partition coefficient (Wildman–Crippen LogP) is -0.630. The summed E-state index contributed by atoms with van der Waals surface area (Å²) in [7, 11) is 0. The first-order valence-electron chi connectivity index (χ1n) is 7.61. The average Bonchev–Trinajstić information content (AvgIpc) is 2.61. The minimum Gasteiger partial charge on any atom is -0.394 e. The lowest BCUT2D eigenvalue weighted by atomic mass is 9.98. The number of hydrogen-bond acceptors (Lipinski definition) is 6. The van der Waals surface area contributed by atoms with Crippen molar-refractivity contribution >= 4 is 16.7 Å². The zero-order valence-corrected chi connectivity index (χ0v) is 12.7. The molecular formula is C17H19NO6. The number of benzene rings is 2. The molecule has 0 radical (unpaired) electrons. The van der Waals surface area contributed by atoms with Crippen LogP contribution in [-0.4, -0.2) is 63.6 Å². The fraction of sp³-hybridized carbons (Fsp3) is 0.353. The van der Waals surface area contributed by atoms with Crippen LogP contribution in [0.25, 0.3) is 10.8 Å². The smallest absolute Gasteiger partial charge is 0.253 e. The average molecular weight is 333 g/mol. The van der Waals surface area contributed by atoms with Crippen LogP contribution in [0.15, 0.2) is 42.5 Å². The molecule has 0 aliphatic carbocycles. The van der Waals surface area contributed by atoms with Gasteiger partial charge in [-0.2, -0.15) is 0 Å². The SMILES string of the molecule is O=C(N[C@@H]1O[C@H](CO)[C@@H](O)[C@H](O)[C@@H]1O)c1ccc2ccccc2c1. The highest BCUT2D eigenvalue weighted by molar-refractivity contribution is 5.98. The highest BCUT2D eigenvalue weighted by Gasteiger charge is 2.44. The fourth-order valence-corrected chi connectivity index (χ4v) is 2.76. The third-order valence-corrected chi connectivity index (χ3v) is 4.18. The van der Waals surface area contributed by atoms with E-state index in [1.165, 1.54) is 0 Å². The maximum Gasteiger partial charge on any atom is 0.253 e. The number of fused-ring (bicyclic) bond motifs is 1. The lowest BCUT2D eigenvalue weighted by molar-refractivity contribution is -0.233. The minimum atomic E-state index is -1.53. The number of amides is 1. The molecule has 5 atom stereocenters. The Morgan fingerprint density at radius 2 is 1.71 bits per heavy atom. The van der Waals surface area contributed by atoms with Crippen molar-refractivity contribution in [1.29, 1.82) is 0 Å². The summed E-state index contributed by atoms with van der Waals surface area (Å²) >= 11 is 0. The van der Waals surface area contributed by atoms with Gasteiger partial charge in [0.25, 0.3) is 5.91 Å². The van der Waals surface area contributed by atoms with E-state index < -0.39 is 43.2 Å². The highest BCUT2D eigenvalue weighted by atomic mass is 16.6. The molecule has 3 rings (SSSR count). The molecule has 2 aromatic carbocycles. The largest absolute Gasteiger partial charge is 0.394 e. The molecule has 1 saturated heterocycles. The zero-order valence-electron chi connectivity index (χ0n) is 12.7. The van der Waals surface area contributed by atoms with Crippen LogP contribution < -0.4 is 5.32 Å². The first-order chi connectivity index (χ1) is 11.5. The standard InChI is InChI=1S/C17H19NO6/c19-8-12-13(20)14(21)15(22)17(24-12)18-16(23)11-6-5-9-3-1-2-4-10(9)7-11/h1-7,12-15,17,19-22H,8H2,(H,18,23)/t12-,13-,14+,15+,17-/m1/s1. The minimum absolute atomic E-state index is 0.366. The normalized spacial score (nSPS) is 30.2. The van der Waals surface area contributed by atoms with E-state index in [1.54, 1.807) is 18.2 Å². The van der Waals surface area contributed by atoms with Crippen LogP contribution in [-0.2, 0) is 4.74 Å². The third-order valence-electron chi connectivity index (χ3n) is 4.18. The van der Waals surface area contributed by atoms with Gasteiger partial charge in [-0.15, -0.1) is 0 Å². The number of rotatable bonds is 3. The number of carbonyl (C=O) groups excluding carboxylic acids is 1. The van der Waals surface area contributed by atoms with Gasteiger partial charge in [0.1, 0.15) is 24.4 Å². The number of hydrogen-bond donors (Lipinski definition) is 5. The Labute approximate surface area is 138 Å². The summed E-state index contributed by atoms with van der Waals surface area (Å²) in [6.07, 6.45) is -6.80. The van der Waals surface area contributed by atoms with Crippen LogP contribution in [0, 0.1) is 0 Å². The molecule has 5 N–H and O–H groups in total. The van der Waals surface area contributed by atoms with Crippen molar-refractivity contribution in [3.8, 4) is 0 Å². The summed E-state index contributed by atoms with van der Waals surface area (Å²) in [4.78, 5) is 12.4. The Bertz CT molecular complexity index is 734. The molecule has 1 aliphatic heterocycles. The summed E-state index contributed by atoms with van der Waals surface area (Å²) in [5.74, 6) is -0.495. The molecule has 0 bridgehead atoms. The molecule has 7 heteroatoms. The molecular weight excluding hydrogens is 314 g/mol. The molecule has 7 nitrogen and oxygen atoms in total. The summed E-state index contributed by atoms with van der Waals surface area (Å²) in [5, 5.41) is 43.0. The summed E-state index contributed by atoms with van der Waals surface area (Å²) < 4.78 is 5.27. The van der Waals surface area contributed by atoms with E-state index in [0.717, 1.165) is 10.8 Å². The number of nitrogens with one attached hydrogen (secondary N) is 1. The first kappa shape index (κ1) is 16.8. The van der Waals surface area contributed by atoms with Crippen molar-refractivity contribution in [3.05, 3.63) is 48.0 Å². The molecule has 1 amide bonds. The Hall–Kier alpha value is -2.03. The van der Waals surface area contributed by atoms with Crippen molar-refractivity contribution in [2.24, 2.45) is 0 Å². The Morgan fingerprint density at radius 3 is 2.42 bits per heavy atom. The molecule has 0 saturated carbocycles. The van der Waals surface area contributed by atoms with Gasteiger partial charge in [-0.3, -0.25) is 4.79 Å². The second-order valence-corrected chi connectivity index (χ2v) is 5.78. The second-order valence-electron chi connectivity index (χ2n) is 5.78. The highest BCUT2D eigenvalue weighted by Crippen LogP contribution is 2.21. The number of aliphatic hydroxyl groups excluding tert-OH is 4. The third kappa shape index (κ3) is 3.12. The van der Waals surface area contributed by atoms with Gasteiger partial charge in [-0.25, -0.2) is 0 Å². The molecule has 128 valence electrons. The van der Waals surface area contributed by atoms with Gasteiger partial charge in [0, 0.05) is 5.56 Å². The fourth-order valence-electron chi connectivity index (χ4n) is 2.76. The van der Waals surface area contributed by atoms with Gasteiger partial charge < -0.3 is 30.5 Å². The molecule has 0 unspecified atom stereocenters. The second kappa shape index (κ2) is 6.84. The Balaban J connectivity index is 1.77. The summed E-state index contributed by atoms with van der Waals surface area (Å²) in [6.45, 7) is -0.548. The molecule has 0 aromatic heterocycles. The maximum absolute atomic E-state index is 12.4. The van der Waals surface area contributed by atoms with Crippen LogP contribution in [0.3, 0.4) is 0 Å². The van der Waals surface area contributed by atoms with E-state index in [4.69, 9.17) is 9.84 Å². The van der Waals surface area contributed by atoms with E-state index in [9.17, 15) is 20.1 Å². The van der Waals surface area contributed by atoms with E-state index in [1.807, 2.05) is 24.3 Å². The van der Waals surface area contributed by atoms with Gasteiger partial charge in [-0.05, 0) is 22.9 Å². The van der Waals surface area contributed by atoms with Crippen molar-refractivity contribution < 1.29 is 30.0 Å². The van der Waals surface area contributed by atoms with E-state index in [-0.39, 0.29) is 0 Å². The Morgan fingerprint density at radius 1 is 1.00 bits per heavy atom. The molecule has 2 aromatic rings.